The summed E-state index contributed by atoms with van der Waals surface area (Å²) >= 11 is 0. The zero-order valence-corrected chi connectivity index (χ0v) is 12.0. The maximum atomic E-state index is 11.9. The van der Waals surface area contributed by atoms with Gasteiger partial charge in [-0.1, -0.05) is 20.3 Å². The van der Waals surface area contributed by atoms with E-state index in [9.17, 15) is 4.79 Å². The lowest BCUT2D eigenvalue weighted by Crippen LogP contribution is -2.52. The Labute approximate surface area is 111 Å². The van der Waals surface area contributed by atoms with Gasteiger partial charge in [-0.2, -0.15) is 0 Å². The third kappa shape index (κ3) is 2.87. The van der Waals surface area contributed by atoms with Crippen molar-refractivity contribution >= 4 is 5.97 Å². The number of rotatable bonds is 2. The number of hydrogen-bond acceptors (Lipinski definition) is 3. The highest BCUT2D eigenvalue weighted by Crippen LogP contribution is 2.34. The molecule has 18 heavy (non-hydrogen) atoms. The van der Waals surface area contributed by atoms with Crippen molar-refractivity contribution < 1.29 is 9.53 Å². The summed E-state index contributed by atoms with van der Waals surface area (Å²) < 4.78 is 4.98. The number of esters is 1. The molecular formula is C15H27NO2. The molecule has 0 N–H and O–H groups in total. The van der Waals surface area contributed by atoms with E-state index in [2.05, 4.69) is 18.7 Å². The Kier molecular flexibility index (Phi) is 4.66. The molecule has 1 saturated heterocycles. The maximum Gasteiger partial charge on any atom is 0.323 e. The fraction of sp³-hybridized carbons (Fsp3) is 0.933. The van der Waals surface area contributed by atoms with Gasteiger partial charge in [-0.25, -0.2) is 0 Å². The van der Waals surface area contributed by atoms with Gasteiger partial charge in [-0.15, -0.1) is 0 Å². The van der Waals surface area contributed by atoms with Gasteiger partial charge in [-0.3, -0.25) is 9.69 Å². The highest BCUT2D eigenvalue weighted by atomic mass is 16.5. The van der Waals surface area contributed by atoms with Crippen molar-refractivity contribution in [1.29, 1.82) is 0 Å². The largest absolute Gasteiger partial charge is 0.468 e. The van der Waals surface area contributed by atoms with Gasteiger partial charge in [0.25, 0.3) is 0 Å². The molecule has 0 bridgehead atoms. The van der Waals surface area contributed by atoms with Crippen LogP contribution in [0.4, 0.5) is 0 Å². The summed E-state index contributed by atoms with van der Waals surface area (Å²) in [6, 6.07) is 0.620. The van der Waals surface area contributed by atoms with E-state index in [1.807, 2.05) is 0 Å². The Balaban J connectivity index is 2.02. The molecule has 3 heteroatoms. The quantitative estimate of drug-likeness (QED) is 0.709. The molecule has 1 aliphatic carbocycles. The average Bonchev–Trinajstić information content (AvgIpc) is 2.41. The number of ether oxygens (including phenoxy) is 1. The second kappa shape index (κ2) is 6.05. The number of hydrogen-bond donors (Lipinski definition) is 0. The van der Waals surface area contributed by atoms with Gasteiger partial charge in [0.15, 0.2) is 0 Å². The van der Waals surface area contributed by atoms with Crippen LogP contribution < -0.4 is 0 Å². The van der Waals surface area contributed by atoms with Crippen LogP contribution in [0.5, 0.6) is 0 Å². The SMILES string of the molecule is COC(=O)[C@H]1CCCCN1C1CCC(C)C(C)C1. The molecule has 0 radical (unpaired) electrons. The molecule has 3 unspecified atom stereocenters. The van der Waals surface area contributed by atoms with Gasteiger partial charge in [0.1, 0.15) is 6.04 Å². The zero-order chi connectivity index (χ0) is 13.1. The average molecular weight is 253 g/mol. The Hall–Kier alpha value is -0.570. The third-order valence-corrected chi connectivity index (χ3v) is 5.06. The first kappa shape index (κ1) is 13.9. The van der Waals surface area contributed by atoms with E-state index in [1.54, 1.807) is 0 Å². The smallest absolute Gasteiger partial charge is 0.323 e. The third-order valence-electron chi connectivity index (χ3n) is 5.06. The van der Waals surface area contributed by atoms with Crippen molar-refractivity contribution in [2.24, 2.45) is 11.8 Å². The second-order valence-corrected chi connectivity index (χ2v) is 6.19. The van der Waals surface area contributed by atoms with Crippen LogP contribution in [-0.2, 0) is 9.53 Å². The summed E-state index contributed by atoms with van der Waals surface area (Å²) in [5.41, 5.74) is 0. The summed E-state index contributed by atoms with van der Waals surface area (Å²) in [5, 5.41) is 0. The monoisotopic (exact) mass is 253 g/mol. The number of piperidine rings is 1. The van der Waals surface area contributed by atoms with Crippen LogP contribution in [0.2, 0.25) is 0 Å². The Morgan fingerprint density at radius 2 is 1.89 bits per heavy atom. The van der Waals surface area contributed by atoms with Crippen molar-refractivity contribution in [3.05, 3.63) is 0 Å². The molecule has 3 nitrogen and oxygen atoms in total. The predicted molar refractivity (Wildman–Crippen MR) is 72.3 cm³/mol. The summed E-state index contributed by atoms with van der Waals surface area (Å²) in [5.74, 6) is 1.59. The standard InChI is InChI=1S/C15H27NO2/c1-11-7-8-13(10-12(11)2)16-9-5-4-6-14(16)15(17)18-3/h11-14H,4-10H2,1-3H3/t11?,12?,13?,14-/m1/s1. The van der Waals surface area contributed by atoms with E-state index < -0.39 is 0 Å². The van der Waals surface area contributed by atoms with Crippen LogP contribution in [0, 0.1) is 11.8 Å². The molecule has 4 atom stereocenters. The molecule has 1 aliphatic heterocycles. The molecule has 1 heterocycles. The van der Waals surface area contributed by atoms with Crippen LogP contribution in [0.15, 0.2) is 0 Å². The van der Waals surface area contributed by atoms with Crippen molar-refractivity contribution in [1.82, 2.24) is 4.90 Å². The van der Waals surface area contributed by atoms with Gasteiger partial charge in [0.05, 0.1) is 7.11 Å². The van der Waals surface area contributed by atoms with Crippen LogP contribution in [0.1, 0.15) is 52.4 Å². The molecule has 104 valence electrons. The van der Waals surface area contributed by atoms with Crippen LogP contribution in [-0.4, -0.2) is 36.6 Å². The lowest BCUT2D eigenvalue weighted by atomic mass is 9.77. The van der Waals surface area contributed by atoms with Crippen LogP contribution >= 0.6 is 0 Å². The fourth-order valence-corrected chi connectivity index (χ4v) is 3.60. The van der Waals surface area contributed by atoms with E-state index in [1.165, 1.54) is 32.8 Å². The normalized spacial score (nSPS) is 38.4. The zero-order valence-electron chi connectivity index (χ0n) is 12.0. The minimum absolute atomic E-state index is 0.0226. The van der Waals surface area contributed by atoms with E-state index in [0.29, 0.717) is 6.04 Å². The number of methoxy groups -OCH3 is 1. The summed E-state index contributed by atoms with van der Waals surface area (Å²) in [6.07, 6.45) is 7.17. The number of carbonyl (C=O) groups excluding carboxylic acids is 1. The van der Waals surface area contributed by atoms with Gasteiger partial charge in [0, 0.05) is 6.04 Å². The van der Waals surface area contributed by atoms with Crippen molar-refractivity contribution in [3.63, 3.8) is 0 Å². The molecular weight excluding hydrogens is 226 g/mol. The maximum absolute atomic E-state index is 11.9. The minimum atomic E-state index is -0.0269. The highest BCUT2D eigenvalue weighted by Gasteiger charge is 2.37. The number of likely N-dealkylation sites (tertiary alicyclic amines) is 1. The number of nitrogens with zero attached hydrogens (tertiary/aromatic N) is 1. The predicted octanol–water partition coefficient (Wildman–Crippen LogP) is 2.84. The van der Waals surface area contributed by atoms with Gasteiger partial charge in [0.2, 0.25) is 0 Å². The molecule has 0 aromatic heterocycles. The first-order chi connectivity index (χ1) is 8.63. The van der Waals surface area contributed by atoms with E-state index in [4.69, 9.17) is 4.74 Å². The first-order valence-corrected chi connectivity index (χ1v) is 7.47. The number of carbonyl (C=O) groups is 1. The first-order valence-electron chi connectivity index (χ1n) is 7.47. The fourth-order valence-electron chi connectivity index (χ4n) is 3.60. The molecule has 1 saturated carbocycles. The Bertz CT molecular complexity index is 292. The Morgan fingerprint density at radius 3 is 2.56 bits per heavy atom. The van der Waals surface area contributed by atoms with E-state index >= 15 is 0 Å². The summed E-state index contributed by atoms with van der Waals surface area (Å²) in [7, 11) is 1.51. The molecule has 2 rings (SSSR count). The summed E-state index contributed by atoms with van der Waals surface area (Å²) in [4.78, 5) is 14.3. The molecule has 0 aromatic rings. The van der Waals surface area contributed by atoms with Gasteiger partial charge < -0.3 is 4.74 Å². The molecule has 0 amide bonds. The van der Waals surface area contributed by atoms with E-state index in [0.717, 1.165) is 31.2 Å². The molecule has 2 fully saturated rings. The van der Waals surface area contributed by atoms with Crippen LogP contribution in [0.25, 0.3) is 0 Å². The minimum Gasteiger partial charge on any atom is -0.468 e. The van der Waals surface area contributed by atoms with Crippen molar-refractivity contribution in [2.45, 2.75) is 64.5 Å². The lowest BCUT2D eigenvalue weighted by Gasteiger charge is -2.44. The topological polar surface area (TPSA) is 29.5 Å². The molecule has 0 spiro atoms. The molecule has 0 aromatic carbocycles. The van der Waals surface area contributed by atoms with Crippen molar-refractivity contribution in [3.8, 4) is 0 Å². The van der Waals surface area contributed by atoms with E-state index in [-0.39, 0.29) is 12.0 Å². The van der Waals surface area contributed by atoms with Gasteiger partial charge in [-0.05, 0) is 50.5 Å². The van der Waals surface area contributed by atoms with Gasteiger partial charge >= 0.3 is 5.97 Å². The Morgan fingerprint density at radius 1 is 1.11 bits per heavy atom. The second-order valence-electron chi connectivity index (χ2n) is 6.19. The van der Waals surface area contributed by atoms with Crippen molar-refractivity contribution in [2.75, 3.05) is 13.7 Å². The highest BCUT2D eigenvalue weighted by molar-refractivity contribution is 5.75. The van der Waals surface area contributed by atoms with Crippen LogP contribution in [0.3, 0.4) is 0 Å². The molecule has 2 aliphatic rings. The lowest BCUT2D eigenvalue weighted by molar-refractivity contribution is -0.150. The summed E-state index contributed by atoms with van der Waals surface area (Å²) in [6.45, 7) is 5.79.